The quantitative estimate of drug-likeness (QED) is 0.939. The highest BCUT2D eigenvalue weighted by Gasteiger charge is 2.08. The van der Waals surface area contributed by atoms with Crippen LogP contribution in [0.1, 0.15) is 23.7 Å². The summed E-state index contributed by atoms with van der Waals surface area (Å²) in [5.74, 6) is 1.00. The molecule has 2 rings (SSSR count). The van der Waals surface area contributed by atoms with Crippen LogP contribution >= 0.6 is 15.9 Å². The van der Waals surface area contributed by atoms with Crippen LogP contribution in [-0.4, -0.2) is 16.0 Å². The first kappa shape index (κ1) is 13.7. The Morgan fingerprint density at radius 3 is 2.84 bits per heavy atom. The Morgan fingerprint density at radius 2 is 2.21 bits per heavy atom. The van der Waals surface area contributed by atoms with Crippen molar-refractivity contribution in [3.05, 3.63) is 40.0 Å². The van der Waals surface area contributed by atoms with Gasteiger partial charge in [-0.3, -0.25) is 4.79 Å². The molecular formula is C13H14BrN3O2. The standard InChI is InChI=1S/C13H14BrN3O2/c1-8-7-10(14)3-4-11(8)16-12(18)5-6-13-15-9(2)17-19-13/h3-4,7H,5-6H2,1-2H3,(H,16,18). The number of halogens is 1. The molecule has 6 heteroatoms. The second-order valence-electron chi connectivity index (χ2n) is 4.24. The normalized spacial score (nSPS) is 10.5. The van der Waals surface area contributed by atoms with Gasteiger partial charge in [-0.2, -0.15) is 4.98 Å². The molecule has 1 aromatic heterocycles. The highest BCUT2D eigenvalue weighted by Crippen LogP contribution is 2.20. The molecule has 0 fully saturated rings. The van der Waals surface area contributed by atoms with Crippen LogP contribution in [0.15, 0.2) is 27.2 Å². The van der Waals surface area contributed by atoms with E-state index >= 15 is 0 Å². The largest absolute Gasteiger partial charge is 0.339 e. The summed E-state index contributed by atoms with van der Waals surface area (Å²) < 4.78 is 5.95. The Kier molecular flexibility index (Phi) is 4.31. The van der Waals surface area contributed by atoms with Gasteiger partial charge in [0.15, 0.2) is 5.82 Å². The zero-order valence-corrected chi connectivity index (χ0v) is 12.3. The number of anilines is 1. The van der Waals surface area contributed by atoms with E-state index < -0.39 is 0 Å². The van der Waals surface area contributed by atoms with Gasteiger partial charge in [0, 0.05) is 23.0 Å². The molecule has 0 saturated carbocycles. The Morgan fingerprint density at radius 1 is 1.42 bits per heavy atom. The molecule has 0 spiro atoms. The van der Waals surface area contributed by atoms with E-state index in [2.05, 4.69) is 31.4 Å². The van der Waals surface area contributed by atoms with Crippen molar-refractivity contribution in [1.29, 1.82) is 0 Å². The second kappa shape index (κ2) is 5.97. The highest BCUT2D eigenvalue weighted by molar-refractivity contribution is 9.10. The first-order chi connectivity index (χ1) is 9.04. The maximum atomic E-state index is 11.8. The van der Waals surface area contributed by atoms with Crippen LogP contribution < -0.4 is 5.32 Å². The average molecular weight is 324 g/mol. The zero-order valence-electron chi connectivity index (χ0n) is 10.7. The number of rotatable bonds is 4. The maximum Gasteiger partial charge on any atom is 0.227 e. The number of hydrogen-bond acceptors (Lipinski definition) is 4. The van der Waals surface area contributed by atoms with E-state index in [-0.39, 0.29) is 5.91 Å². The van der Waals surface area contributed by atoms with Crippen molar-refractivity contribution in [3.8, 4) is 0 Å². The van der Waals surface area contributed by atoms with Crippen molar-refractivity contribution in [3.63, 3.8) is 0 Å². The van der Waals surface area contributed by atoms with E-state index in [9.17, 15) is 4.79 Å². The molecule has 0 saturated heterocycles. The summed E-state index contributed by atoms with van der Waals surface area (Å²) in [6.45, 7) is 3.69. The summed E-state index contributed by atoms with van der Waals surface area (Å²) in [5, 5.41) is 6.54. The minimum Gasteiger partial charge on any atom is -0.339 e. The van der Waals surface area contributed by atoms with Gasteiger partial charge in [0.2, 0.25) is 11.8 Å². The molecule has 5 nitrogen and oxygen atoms in total. The van der Waals surface area contributed by atoms with Gasteiger partial charge in [0.05, 0.1) is 0 Å². The lowest BCUT2D eigenvalue weighted by atomic mass is 10.2. The molecule has 0 atom stereocenters. The van der Waals surface area contributed by atoms with Gasteiger partial charge >= 0.3 is 0 Å². The fourth-order valence-electron chi connectivity index (χ4n) is 1.64. The highest BCUT2D eigenvalue weighted by atomic mass is 79.9. The van der Waals surface area contributed by atoms with Crippen LogP contribution in [0.2, 0.25) is 0 Å². The molecule has 1 N–H and O–H groups in total. The Labute approximate surface area is 119 Å². The number of nitrogens with zero attached hydrogens (tertiary/aromatic N) is 2. The Balaban J connectivity index is 1.90. The first-order valence-electron chi connectivity index (χ1n) is 5.90. The molecule has 1 aromatic carbocycles. The summed E-state index contributed by atoms with van der Waals surface area (Å²) in [6, 6.07) is 5.72. The van der Waals surface area contributed by atoms with Crippen LogP contribution in [0.4, 0.5) is 5.69 Å². The van der Waals surface area contributed by atoms with Crippen LogP contribution in [0, 0.1) is 13.8 Å². The van der Waals surface area contributed by atoms with Crippen LogP contribution in [0.25, 0.3) is 0 Å². The average Bonchev–Trinajstić information content (AvgIpc) is 2.76. The lowest BCUT2D eigenvalue weighted by Gasteiger charge is -2.07. The van der Waals surface area contributed by atoms with Crippen molar-refractivity contribution in [2.45, 2.75) is 26.7 Å². The number of amides is 1. The van der Waals surface area contributed by atoms with E-state index in [0.717, 1.165) is 15.7 Å². The van der Waals surface area contributed by atoms with Crippen LogP contribution in [-0.2, 0) is 11.2 Å². The SMILES string of the molecule is Cc1noc(CCC(=O)Nc2ccc(Br)cc2C)n1. The number of nitrogens with one attached hydrogen (secondary N) is 1. The van der Waals surface area contributed by atoms with Gasteiger partial charge < -0.3 is 9.84 Å². The number of carbonyl (C=O) groups is 1. The predicted octanol–water partition coefficient (Wildman–Crippen LogP) is 3.02. The van der Waals surface area contributed by atoms with Crippen molar-refractivity contribution in [2.24, 2.45) is 0 Å². The Bertz CT molecular complexity index is 595. The molecule has 0 unspecified atom stereocenters. The molecule has 1 heterocycles. The summed E-state index contributed by atoms with van der Waals surface area (Å²) in [6.07, 6.45) is 0.763. The van der Waals surface area contributed by atoms with E-state index in [4.69, 9.17) is 4.52 Å². The number of benzene rings is 1. The minimum atomic E-state index is -0.0683. The number of aromatic nitrogens is 2. The molecule has 0 radical (unpaired) electrons. The van der Waals surface area contributed by atoms with Crippen molar-refractivity contribution < 1.29 is 9.32 Å². The van der Waals surface area contributed by atoms with Gasteiger partial charge in [-0.25, -0.2) is 0 Å². The molecule has 100 valence electrons. The third-order valence-electron chi connectivity index (χ3n) is 2.60. The number of carbonyl (C=O) groups excluding carboxylic acids is 1. The Hall–Kier alpha value is -1.69. The smallest absolute Gasteiger partial charge is 0.227 e. The topological polar surface area (TPSA) is 68.0 Å². The first-order valence-corrected chi connectivity index (χ1v) is 6.69. The minimum absolute atomic E-state index is 0.0683. The number of hydrogen-bond donors (Lipinski definition) is 1. The van der Waals surface area contributed by atoms with Crippen molar-refractivity contribution in [2.75, 3.05) is 5.32 Å². The van der Waals surface area contributed by atoms with Gasteiger partial charge in [0.1, 0.15) is 0 Å². The van der Waals surface area contributed by atoms with E-state index in [1.165, 1.54) is 0 Å². The summed E-state index contributed by atoms with van der Waals surface area (Å²) >= 11 is 3.39. The molecule has 0 aliphatic heterocycles. The molecular weight excluding hydrogens is 310 g/mol. The van der Waals surface area contributed by atoms with Crippen molar-refractivity contribution >= 4 is 27.5 Å². The van der Waals surface area contributed by atoms with Crippen molar-refractivity contribution in [1.82, 2.24) is 10.1 Å². The molecule has 0 aliphatic carbocycles. The molecule has 1 amide bonds. The molecule has 0 aliphatic rings. The fraction of sp³-hybridized carbons (Fsp3) is 0.308. The maximum absolute atomic E-state index is 11.8. The van der Waals surface area contributed by atoms with E-state index in [0.29, 0.717) is 24.6 Å². The predicted molar refractivity (Wildman–Crippen MR) is 74.9 cm³/mol. The summed E-state index contributed by atoms with van der Waals surface area (Å²) in [5.41, 5.74) is 1.83. The summed E-state index contributed by atoms with van der Waals surface area (Å²) in [4.78, 5) is 15.9. The van der Waals surface area contributed by atoms with E-state index in [1.807, 2.05) is 25.1 Å². The zero-order chi connectivity index (χ0) is 13.8. The van der Waals surface area contributed by atoms with E-state index in [1.54, 1.807) is 6.92 Å². The monoisotopic (exact) mass is 323 g/mol. The summed E-state index contributed by atoms with van der Waals surface area (Å²) in [7, 11) is 0. The van der Waals surface area contributed by atoms with Crippen LogP contribution in [0.3, 0.4) is 0 Å². The fourth-order valence-corrected chi connectivity index (χ4v) is 2.12. The number of aryl methyl sites for hydroxylation is 3. The third-order valence-corrected chi connectivity index (χ3v) is 3.09. The molecule has 19 heavy (non-hydrogen) atoms. The van der Waals surface area contributed by atoms with Gasteiger partial charge in [-0.15, -0.1) is 0 Å². The molecule has 0 bridgehead atoms. The van der Waals surface area contributed by atoms with Gasteiger partial charge in [0.25, 0.3) is 0 Å². The van der Waals surface area contributed by atoms with Gasteiger partial charge in [-0.1, -0.05) is 21.1 Å². The van der Waals surface area contributed by atoms with Crippen LogP contribution in [0.5, 0.6) is 0 Å². The van der Waals surface area contributed by atoms with Gasteiger partial charge in [-0.05, 0) is 37.6 Å². The third kappa shape index (κ3) is 3.89. The second-order valence-corrected chi connectivity index (χ2v) is 5.16. The lowest BCUT2D eigenvalue weighted by Crippen LogP contribution is -2.13. The molecule has 2 aromatic rings. The lowest BCUT2D eigenvalue weighted by molar-refractivity contribution is -0.116.